The quantitative estimate of drug-likeness (QED) is 0.854. The van der Waals surface area contributed by atoms with Crippen molar-refractivity contribution in [2.45, 2.75) is 25.5 Å². The molecule has 22 heavy (non-hydrogen) atoms. The van der Waals surface area contributed by atoms with Gasteiger partial charge in [-0.15, -0.1) is 0 Å². The lowest BCUT2D eigenvalue weighted by Crippen LogP contribution is -2.33. The predicted molar refractivity (Wildman–Crippen MR) is 82.8 cm³/mol. The maximum absolute atomic E-state index is 12.3. The van der Waals surface area contributed by atoms with Gasteiger partial charge < -0.3 is 10.4 Å². The lowest BCUT2D eigenvalue weighted by atomic mass is 10.1. The zero-order chi connectivity index (χ0) is 15.7. The van der Waals surface area contributed by atoms with E-state index in [1.807, 2.05) is 24.3 Å². The lowest BCUT2D eigenvalue weighted by molar-refractivity contribution is 0.0857. The van der Waals surface area contributed by atoms with Gasteiger partial charge in [-0.3, -0.25) is 9.59 Å². The van der Waals surface area contributed by atoms with E-state index in [0.29, 0.717) is 17.5 Å². The molecule has 4 nitrogen and oxygen atoms in total. The molecule has 4 heteroatoms. The summed E-state index contributed by atoms with van der Waals surface area (Å²) >= 11 is 0. The molecule has 0 heterocycles. The second-order valence-corrected chi connectivity index (χ2v) is 5.55. The van der Waals surface area contributed by atoms with Crippen molar-refractivity contribution < 1.29 is 14.7 Å². The van der Waals surface area contributed by atoms with Crippen molar-refractivity contribution in [1.29, 1.82) is 0 Å². The number of amides is 1. The number of aliphatic hydroxyl groups is 1. The van der Waals surface area contributed by atoms with Crippen molar-refractivity contribution >= 4 is 11.7 Å². The average Bonchev–Trinajstić information content (AvgIpc) is 2.83. The van der Waals surface area contributed by atoms with Crippen LogP contribution < -0.4 is 5.32 Å². The maximum atomic E-state index is 12.3. The minimum atomic E-state index is -0.613. The molecule has 0 bridgehead atoms. The maximum Gasteiger partial charge on any atom is 0.251 e. The minimum Gasteiger partial charge on any atom is -0.390 e. The number of benzene rings is 2. The second kappa shape index (κ2) is 5.73. The molecule has 0 radical (unpaired) electrons. The van der Waals surface area contributed by atoms with Crippen LogP contribution in [0.1, 0.15) is 44.8 Å². The number of nitrogens with one attached hydrogen (secondary N) is 1. The molecule has 0 aliphatic heterocycles. The smallest absolute Gasteiger partial charge is 0.251 e. The van der Waals surface area contributed by atoms with E-state index in [1.54, 1.807) is 24.3 Å². The third kappa shape index (κ3) is 2.65. The van der Waals surface area contributed by atoms with Crippen LogP contribution in [0.25, 0.3) is 0 Å². The first-order valence-electron chi connectivity index (χ1n) is 7.24. The van der Waals surface area contributed by atoms with E-state index in [1.165, 1.54) is 6.92 Å². The Morgan fingerprint density at radius 1 is 1.05 bits per heavy atom. The van der Waals surface area contributed by atoms with Gasteiger partial charge in [-0.25, -0.2) is 0 Å². The van der Waals surface area contributed by atoms with Crippen molar-refractivity contribution in [3.63, 3.8) is 0 Å². The van der Waals surface area contributed by atoms with Crippen molar-refractivity contribution in [2.24, 2.45) is 0 Å². The van der Waals surface area contributed by atoms with Gasteiger partial charge in [-0.1, -0.05) is 36.4 Å². The third-order valence-electron chi connectivity index (χ3n) is 4.04. The van der Waals surface area contributed by atoms with E-state index in [4.69, 9.17) is 0 Å². The van der Waals surface area contributed by atoms with Crippen LogP contribution >= 0.6 is 0 Å². The molecule has 0 aromatic heterocycles. The first kappa shape index (κ1) is 14.5. The Labute approximate surface area is 128 Å². The van der Waals surface area contributed by atoms with E-state index in [9.17, 15) is 14.7 Å². The third-order valence-corrected chi connectivity index (χ3v) is 4.04. The van der Waals surface area contributed by atoms with Gasteiger partial charge >= 0.3 is 0 Å². The highest BCUT2D eigenvalue weighted by atomic mass is 16.3. The number of rotatable bonds is 3. The zero-order valence-corrected chi connectivity index (χ0v) is 12.2. The molecule has 1 aliphatic carbocycles. The molecule has 0 unspecified atom stereocenters. The first-order valence-corrected chi connectivity index (χ1v) is 7.24. The molecule has 112 valence electrons. The van der Waals surface area contributed by atoms with Gasteiger partial charge in [0.25, 0.3) is 5.91 Å². The van der Waals surface area contributed by atoms with Gasteiger partial charge in [0, 0.05) is 17.5 Å². The van der Waals surface area contributed by atoms with E-state index in [0.717, 1.165) is 11.1 Å². The number of Topliss-reactive ketones (excluding diaryl/α,β-unsaturated/α-hetero) is 1. The molecular weight excluding hydrogens is 278 g/mol. The number of hydrogen-bond donors (Lipinski definition) is 2. The van der Waals surface area contributed by atoms with Gasteiger partial charge in [0.15, 0.2) is 5.78 Å². The Hall–Kier alpha value is -2.46. The van der Waals surface area contributed by atoms with Crippen molar-refractivity contribution in [3.8, 4) is 0 Å². The Morgan fingerprint density at radius 2 is 1.68 bits per heavy atom. The number of fused-ring (bicyclic) bond motifs is 1. The topological polar surface area (TPSA) is 66.4 Å². The minimum absolute atomic E-state index is 0.0351. The largest absolute Gasteiger partial charge is 0.390 e. The van der Waals surface area contributed by atoms with Gasteiger partial charge in [0.05, 0.1) is 12.1 Å². The van der Waals surface area contributed by atoms with Gasteiger partial charge in [-0.05, 0) is 30.2 Å². The summed E-state index contributed by atoms with van der Waals surface area (Å²) in [6.07, 6.45) is -0.0671. The van der Waals surface area contributed by atoms with Crippen LogP contribution in [0, 0.1) is 0 Å². The molecule has 2 aromatic carbocycles. The Kier molecular flexibility index (Phi) is 3.77. The fourth-order valence-corrected chi connectivity index (χ4v) is 2.83. The van der Waals surface area contributed by atoms with Crippen LogP contribution in [-0.2, 0) is 6.42 Å². The highest BCUT2D eigenvalue weighted by Gasteiger charge is 2.31. The SMILES string of the molecule is CC(=O)c1ccc(C(=O)N[C@H]2c3ccccc3C[C@@H]2O)cc1. The summed E-state index contributed by atoms with van der Waals surface area (Å²) < 4.78 is 0. The summed E-state index contributed by atoms with van der Waals surface area (Å²) in [6, 6.07) is 13.8. The summed E-state index contributed by atoms with van der Waals surface area (Å²) in [4.78, 5) is 23.6. The van der Waals surface area contributed by atoms with E-state index in [-0.39, 0.29) is 11.7 Å². The standard InChI is InChI=1S/C18H17NO3/c1-11(20)12-6-8-13(9-7-12)18(22)19-17-15-5-3-2-4-14(15)10-16(17)21/h2-9,16-17,21H,10H2,1H3,(H,19,22)/t16-,17-/m0/s1. The summed E-state index contributed by atoms with van der Waals surface area (Å²) in [5, 5.41) is 13.0. The molecule has 0 spiro atoms. The molecule has 2 N–H and O–H groups in total. The molecule has 1 amide bonds. The Balaban J connectivity index is 1.78. The highest BCUT2D eigenvalue weighted by molar-refractivity contribution is 5.97. The summed E-state index contributed by atoms with van der Waals surface area (Å²) in [6.45, 7) is 1.49. The molecule has 2 aromatic rings. The van der Waals surface area contributed by atoms with Crippen molar-refractivity contribution in [2.75, 3.05) is 0 Å². The fourth-order valence-electron chi connectivity index (χ4n) is 2.83. The fraction of sp³-hybridized carbons (Fsp3) is 0.222. The molecule has 1 aliphatic rings. The van der Waals surface area contributed by atoms with Crippen LogP contribution in [0.5, 0.6) is 0 Å². The van der Waals surface area contributed by atoms with Crippen LogP contribution in [0.15, 0.2) is 48.5 Å². The summed E-state index contributed by atoms with van der Waals surface area (Å²) in [5.41, 5.74) is 3.07. The van der Waals surface area contributed by atoms with Crippen LogP contribution in [0.3, 0.4) is 0 Å². The Bertz CT molecular complexity index is 721. The second-order valence-electron chi connectivity index (χ2n) is 5.55. The predicted octanol–water partition coefficient (Wildman–Crippen LogP) is 2.28. The monoisotopic (exact) mass is 295 g/mol. The highest BCUT2D eigenvalue weighted by Crippen LogP contribution is 2.31. The van der Waals surface area contributed by atoms with Gasteiger partial charge in [0.1, 0.15) is 0 Å². The molecule has 2 atom stereocenters. The molecule has 0 fully saturated rings. The van der Waals surface area contributed by atoms with Crippen molar-refractivity contribution in [1.82, 2.24) is 5.32 Å². The van der Waals surface area contributed by atoms with Crippen LogP contribution in [0.2, 0.25) is 0 Å². The average molecular weight is 295 g/mol. The van der Waals surface area contributed by atoms with Gasteiger partial charge in [-0.2, -0.15) is 0 Å². The number of ketones is 1. The number of aliphatic hydroxyl groups excluding tert-OH is 1. The van der Waals surface area contributed by atoms with Crippen LogP contribution in [-0.4, -0.2) is 22.9 Å². The normalized spacial score (nSPS) is 19.5. The van der Waals surface area contributed by atoms with E-state index < -0.39 is 12.1 Å². The number of carbonyl (C=O) groups excluding carboxylic acids is 2. The van der Waals surface area contributed by atoms with E-state index >= 15 is 0 Å². The summed E-state index contributed by atoms with van der Waals surface area (Å²) in [5.74, 6) is -0.289. The van der Waals surface area contributed by atoms with Gasteiger partial charge in [0.2, 0.25) is 0 Å². The molecule has 0 saturated carbocycles. The first-order chi connectivity index (χ1) is 10.6. The Morgan fingerprint density at radius 3 is 2.36 bits per heavy atom. The number of carbonyl (C=O) groups is 2. The van der Waals surface area contributed by atoms with Crippen LogP contribution in [0.4, 0.5) is 0 Å². The molecule has 0 saturated heterocycles. The molecular formula is C18H17NO3. The lowest BCUT2D eigenvalue weighted by Gasteiger charge is -2.18. The zero-order valence-electron chi connectivity index (χ0n) is 12.2. The van der Waals surface area contributed by atoms with E-state index in [2.05, 4.69) is 5.32 Å². The van der Waals surface area contributed by atoms with Crippen molar-refractivity contribution in [3.05, 3.63) is 70.8 Å². The summed E-state index contributed by atoms with van der Waals surface area (Å²) in [7, 11) is 0. The molecule has 3 rings (SSSR count). The number of hydrogen-bond acceptors (Lipinski definition) is 3.